The van der Waals surface area contributed by atoms with E-state index in [1.165, 1.54) is 18.1 Å². The lowest BCUT2D eigenvalue weighted by Gasteiger charge is -2.35. The number of rotatable bonds is 14. The molecule has 0 aromatic heterocycles. The summed E-state index contributed by atoms with van der Waals surface area (Å²) in [6.07, 6.45) is 7.68. The number of ketones is 1. The van der Waals surface area contributed by atoms with Gasteiger partial charge in [0.05, 0.1) is 6.04 Å². The molecule has 230 valence electrons. The molecule has 41 heavy (non-hydrogen) atoms. The number of hydrogen-bond donors (Lipinski definition) is 2. The molecule has 1 aliphatic heterocycles. The first-order valence-corrected chi connectivity index (χ1v) is 15.5. The molecule has 0 bridgehead atoms. The van der Waals surface area contributed by atoms with Crippen LogP contribution in [0.2, 0.25) is 0 Å². The number of nitrogens with one attached hydrogen (secondary N) is 2. The van der Waals surface area contributed by atoms with E-state index in [-0.39, 0.29) is 29.7 Å². The predicted octanol–water partition coefficient (Wildman–Crippen LogP) is 6.19. The van der Waals surface area contributed by atoms with Gasteiger partial charge in [0, 0.05) is 19.0 Å². The van der Waals surface area contributed by atoms with E-state index in [1.807, 2.05) is 13.0 Å². The highest BCUT2D eigenvalue weighted by Gasteiger charge is 2.41. The quantitative estimate of drug-likeness (QED) is 0.206. The Morgan fingerprint density at radius 3 is 2.24 bits per heavy atom. The molecule has 3 amide bonds. The molecule has 0 saturated carbocycles. The molecule has 2 rings (SSSR count). The van der Waals surface area contributed by atoms with Crippen molar-refractivity contribution in [2.24, 2.45) is 11.3 Å². The molecule has 1 heterocycles. The van der Waals surface area contributed by atoms with Gasteiger partial charge in [-0.2, -0.15) is 0 Å². The Kier molecular flexibility index (Phi) is 16.2. The highest BCUT2D eigenvalue weighted by Crippen LogP contribution is 2.35. The molecule has 1 aliphatic rings. The van der Waals surface area contributed by atoms with Crippen LogP contribution in [0, 0.1) is 11.3 Å². The molecule has 1 aromatic carbocycles. The van der Waals surface area contributed by atoms with Crippen LogP contribution in [0.4, 0.5) is 0 Å². The Morgan fingerprint density at radius 2 is 1.68 bits per heavy atom. The smallest absolute Gasteiger partial charge is 0.289 e. The Bertz CT molecular complexity index is 970. The zero-order valence-corrected chi connectivity index (χ0v) is 26.6. The lowest BCUT2D eigenvalue weighted by molar-refractivity contribution is -0.146. The van der Waals surface area contributed by atoms with Crippen LogP contribution in [0.15, 0.2) is 43.0 Å². The van der Waals surface area contributed by atoms with E-state index in [4.69, 9.17) is 0 Å². The number of carbonyl (C=O) groups is 4. The van der Waals surface area contributed by atoms with Gasteiger partial charge in [0.25, 0.3) is 5.91 Å². The van der Waals surface area contributed by atoms with Gasteiger partial charge in [-0.25, -0.2) is 0 Å². The monoisotopic (exact) mass is 569 g/mol. The predicted molar refractivity (Wildman–Crippen MR) is 167 cm³/mol. The van der Waals surface area contributed by atoms with E-state index in [1.54, 1.807) is 4.90 Å². The SMILES string of the molecule is C=CCNC(=O)C(=O)C(CCC)NC(=O)C1CCCN1C(=O)C(CCCC(C)c1ccccc1)C(C)(C)C.CCC. The molecule has 1 fully saturated rings. The highest BCUT2D eigenvalue weighted by atomic mass is 16.2. The highest BCUT2D eigenvalue weighted by molar-refractivity contribution is 6.38. The Labute approximate surface area is 248 Å². The van der Waals surface area contributed by atoms with E-state index in [9.17, 15) is 19.2 Å². The van der Waals surface area contributed by atoms with Crippen molar-refractivity contribution in [3.8, 4) is 0 Å². The maximum absolute atomic E-state index is 13.8. The molecule has 7 nitrogen and oxygen atoms in total. The van der Waals surface area contributed by atoms with Gasteiger partial charge in [-0.05, 0) is 49.0 Å². The van der Waals surface area contributed by atoms with Crippen LogP contribution in [0.5, 0.6) is 0 Å². The second kappa shape index (κ2) is 18.5. The minimum atomic E-state index is -0.909. The van der Waals surface area contributed by atoms with Gasteiger partial charge in [0.15, 0.2) is 0 Å². The van der Waals surface area contributed by atoms with Crippen LogP contribution in [-0.2, 0) is 19.2 Å². The summed E-state index contributed by atoms with van der Waals surface area (Å²) in [7, 11) is 0. The van der Waals surface area contributed by atoms with Crippen LogP contribution in [0.25, 0.3) is 0 Å². The fourth-order valence-electron chi connectivity index (χ4n) is 5.24. The molecule has 0 aliphatic carbocycles. The van der Waals surface area contributed by atoms with Gasteiger partial charge in [-0.3, -0.25) is 19.2 Å². The number of benzene rings is 1. The summed E-state index contributed by atoms with van der Waals surface area (Å²) in [5.41, 5.74) is 1.05. The fraction of sp³-hybridized carbons (Fsp3) is 0.647. The summed E-state index contributed by atoms with van der Waals surface area (Å²) in [5, 5.41) is 5.27. The molecule has 4 unspecified atom stereocenters. The van der Waals surface area contributed by atoms with Crippen molar-refractivity contribution >= 4 is 23.5 Å². The van der Waals surface area contributed by atoms with Gasteiger partial charge in [-0.15, -0.1) is 6.58 Å². The Morgan fingerprint density at radius 1 is 1.05 bits per heavy atom. The van der Waals surface area contributed by atoms with Crippen molar-refractivity contribution in [2.75, 3.05) is 13.1 Å². The summed E-state index contributed by atoms with van der Waals surface area (Å²) >= 11 is 0. The number of likely N-dealkylation sites (tertiary alicyclic amines) is 1. The van der Waals surface area contributed by atoms with Crippen molar-refractivity contribution in [1.82, 2.24) is 15.5 Å². The minimum Gasteiger partial charge on any atom is -0.346 e. The molecule has 1 saturated heterocycles. The number of nitrogens with zero attached hydrogens (tertiary/aromatic N) is 1. The molecule has 4 atom stereocenters. The van der Waals surface area contributed by atoms with E-state index in [0.29, 0.717) is 31.7 Å². The minimum absolute atomic E-state index is 0.00427. The number of hydrogen-bond acceptors (Lipinski definition) is 4. The average molecular weight is 570 g/mol. The molecule has 0 radical (unpaired) electrons. The summed E-state index contributed by atoms with van der Waals surface area (Å²) < 4.78 is 0. The van der Waals surface area contributed by atoms with E-state index in [0.717, 1.165) is 25.7 Å². The largest absolute Gasteiger partial charge is 0.346 e. The van der Waals surface area contributed by atoms with Crippen molar-refractivity contribution in [3.63, 3.8) is 0 Å². The summed E-state index contributed by atoms with van der Waals surface area (Å²) in [6.45, 7) is 18.9. The van der Waals surface area contributed by atoms with Crippen molar-refractivity contribution < 1.29 is 19.2 Å². The zero-order valence-electron chi connectivity index (χ0n) is 26.6. The Balaban J connectivity index is 0.00000268. The fourth-order valence-corrected chi connectivity index (χ4v) is 5.24. The van der Waals surface area contributed by atoms with Gasteiger partial charge in [-0.1, -0.05) is 104 Å². The van der Waals surface area contributed by atoms with E-state index in [2.05, 4.69) is 83.0 Å². The first-order chi connectivity index (χ1) is 19.4. The van der Waals surface area contributed by atoms with Crippen LogP contribution in [0.1, 0.15) is 111 Å². The first-order valence-electron chi connectivity index (χ1n) is 15.5. The normalized spacial score (nSPS) is 17.0. The third-order valence-electron chi connectivity index (χ3n) is 7.52. The average Bonchev–Trinajstić information content (AvgIpc) is 3.43. The summed E-state index contributed by atoms with van der Waals surface area (Å²) in [6, 6.07) is 8.88. The molecular weight excluding hydrogens is 514 g/mol. The standard InChI is InChI=1S/C31H47N3O4.C3H8/c1-7-14-25(27(35)29(37)32-20-8-2)33-28(36)26-19-13-21-34(26)30(38)24(31(4,5)6)18-12-15-22(3)23-16-10-9-11-17-23;1-3-2/h8-11,16-17,22,24-26H,2,7,12-15,18-21H2,1,3-6H3,(H,32,37)(H,33,36);3H2,1-2H3. The van der Waals surface area contributed by atoms with E-state index < -0.39 is 23.8 Å². The Hall–Kier alpha value is -2.96. The number of carbonyl (C=O) groups excluding carboxylic acids is 4. The lowest BCUT2D eigenvalue weighted by atomic mass is 9.76. The first kappa shape index (κ1) is 36.1. The molecule has 0 spiro atoms. The molecule has 1 aromatic rings. The lowest BCUT2D eigenvalue weighted by Crippen LogP contribution is -2.54. The van der Waals surface area contributed by atoms with Crippen molar-refractivity contribution in [3.05, 3.63) is 48.6 Å². The van der Waals surface area contributed by atoms with Gasteiger partial charge < -0.3 is 15.5 Å². The molecule has 2 N–H and O–H groups in total. The molecular formula is C34H55N3O4. The van der Waals surface area contributed by atoms with Crippen LogP contribution < -0.4 is 10.6 Å². The van der Waals surface area contributed by atoms with Crippen LogP contribution in [0.3, 0.4) is 0 Å². The third kappa shape index (κ3) is 11.8. The van der Waals surface area contributed by atoms with Crippen LogP contribution >= 0.6 is 0 Å². The summed E-state index contributed by atoms with van der Waals surface area (Å²) in [5.74, 6) is -1.56. The van der Waals surface area contributed by atoms with Gasteiger partial charge >= 0.3 is 0 Å². The summed E-state index contributed by atoms with van der Waals surface area (Å²) in [4.78, 5) is 53.7. The second-order valence-electron chi connectivity index (χ2n) is 12.3. The number of amides is 3. The third-order valence-corrected chi connectivity index (χ3v) is 7.52. The van der Waals surface area contributed by atoms with Gasteiger partial charge in [0.2, 0.25) is 17.6 Å². The maximum Gasteiger partial charge on any atom is 0.289 e. The second-order valence-corrected chi connectivity index (χ2v) is 12.3. The van der Waals surface area contributed by atoms with Crippen molar-refractivity contribution in [1.29, 1.82) is 0 Å². The van der Waals surface area contributed by atoms with Crippen molar-refractivity contribution in [2.45, 2.75) is 118 Å². The van der Waals surface area contributed by atoms with Crippen LogP contribution in [-0.4, -0.2) is 53.6 Å². The van der Waals surface area contributed by atoms with E-state index >= 15 is 0 Å². The molecule has 7 heteroatoms. The zero-order chi connectivity index (χ0) is 31.0. The number of Topliss-reactive ketones (excluding diaryl/α,β-unsaturated/α-hetero) is 1. The van der Waals surface area contributed by atoms with Gasteiger partial charge in [0.1, 0.15) is 6.04 Å². The maximum atomic E-state index is 13.8. The topological polar surface area (TPSA) is 95.6 Å².